The van der Waals surface area contributed by atoms with E-state index < -0.39 is 0 Å². The molecule has 0 aliphatic heterocycles. The largest absolute Gasteiger partial charge is 0.207 e. The third-order valence-corrected chi connectivity index (χ3v) is 4.00. The highest BCUT2D eigenvalue weighted by Gasteiger charge is 2.34. The average molecular weight is 206 g/mol. The van der Waals surface area contributed by atoms with Crippen LogP contribution in [0.1, 0.15) is 50.2 Å². The summed E-state index contributed by atoms with van der Waals surface area (Å²) in [6, 6.07) is 5.28. The molecule has 0 unspecified atom stereocenters. The van der Waals surface area contributed by atoms with Crippen molar-refractivity contribution in [2.45, 2.75) is 51.4 Å². The molecule has 0 atom stereocenters. The van der Waals surface area contributed by atoms with Crippen LogP contribution in [0.3, 0.4) is 0 Å². The van der Waals surface area contributed by atoms with Crippen molar-refractivity contribution in [2.75, 3.05) is 0 Å². The molecule has 0 radical (unpaired) electrons. The Morgan fingerprint density at radius 1 is 1.27 bits per heavy atom. The molecular formula is C14H19F. The van der Waals surface area contributed by atoms with Gasteiger partial charge >= 0.3 is 0 Å². The molecule has 82 valence electrons. The molecule has 2 rings (SSSR count). The third kappa shape index (κ3) is 1.80. The van der Waals surface area contributed by atoms with E-state index in [-0.39, 0.29) is 5.82 Å². The number of halogens is 1. The Morgan fingerprint density at radius 2 is 1.93 bits per heavy atom. The molecule has 1 aliphatic rings. The highest BCUT2D eigenvalue weighted by molar-refractivity contribution is 5.34. The fourth-order valence-electron chi connectivity index (χ4n) is 3.09. The van der Waals surface area contributed by atoms with Gasteiger partial charge in [0.1, 0.15) is 5.82 Å². The second-order valence-electron chi connectivity index (χ2n) is 4.80. The third-order valence-electron chi connectivity index (χ3n) is 4.00. The zero-order valence-electron chi connectivity index (χ0n) is 9.65. The van der Waals surface area contributed by atoms with E-state index >= 15 is 0 Å². The molecule has 1 fully saturated rings. The van der Waals surface area contributed by atoms with Crippen molar-refractivity contribution in [2.24, 2.45) is 0 Å². The summed E-state index contributed by atoms with van der Waals surface area (Å²) in [5, 5.41) is 0. The Labute approximate surface area is 91.5 Å². The summed E-state index contributed by atoms with van der Waals surface area (Å²) in [5.74, 6) is -0.111. The minimum atomic E-state index is -0.111. The van der Waals surface area contributed by atoms with Crippen LogP contribution < -0.4 is 0 Å². The standard InChI is InChI=1S/C14H19F/c1-3-14(8-4-5-9-14)13-7-6-12(15)10-11(13)2/h6-7,10H,3-5,8-9H2,1-2H3. The van der Waals surface area contributed by atoms with Crippen LogP contribution in [0.5, 0.6) is 0 Å². The van der Waals surface area contributed by atoms with Gasteiger partial charge in [-0.2, -0.15) is 0 Å². The number of benzene rings is 1. The molecule has 1 heteroatoms. The van der Waals surface area contributed by atoms with Gasteiger partial charge in [-0.25, -0.2) is 4.39 Å². The first kappa shape index (κ1) is 10.7. The van der Waals surface area contributed by atoms with Crippen molar-refractivity contribution in [3.8, 4) is 0 Å². The summed E-state index contributed by atoms with van der Waals surface area (Å²) in [6.07, 6.45) is 6.38. The van der Waals surface area contributed by atoms with Crippen LogP contribution in [-0.4, -0.2) is 0 Å². The van der Waals surface area contributed by atoms with Gasteiger partial charge in [0.2, 0.25) is 0 Å². The quantitative estimate of drug-likeness (QED) is 0.674. The molecule has 15 heavy (non-hydrogen) atoms. The minimum absolute atomic E-state index is 0.111. The van der Waals surface area contributed by atoms with Gasteiger partial charge in [-0.15, -0.1) is 0 Å². The molecule has 1 saturated carbocycles. The Hall–Kier alpha value is -0.850. The van der Waals surface area contributed by atoms with Gasteiger partial charge in [0.15, 0.2) is 0 Å². The van der Waals surface area contributed by atoms with Crippen LogP contribution in [0.4, 0.5) is 4.39 Å². The van der Waals surface area contributed by atoms with Crippen molar-refractivity contribution in [3.63, 3.8) is 0 Å². The summed E-state index contributed by atoms with van der Waals surface area (Å²) >= 11 is 0. The minimum Gasteiger partial charge on any atom is -0.207 e. The smallest absolute Gasteiger partial charge is 0.123 e. The lowest BCUT2D eigenvalue weighted by Crippen LogP contribution is -2.22. The maximum absolute atomic E-state index is 13.1. The second kappa shape index (κ2) is 3.96. The number of rotatable bonds is 2. The van der Waals surface area contributed by atoms with Crippen molar-refractivity contribution in [1.82, 2.24) is 0 Å². The van der Waals surface area contributed by atoms with Crippen LogP contribution >= 0.6 is 0 Å². The fraction of sp³-hybridized carbons (Fsp3) is 0.571. The summed E-state index contributed by atoms with van der Waals surface area (Å²) in [4.78, 5) is 0. The van der Waals surface area contributed by atoms with Gasteiger partial charge in [0.05, 0.1) is 0 Å². The maximum Gasteiger partial charge on any atom is 0.123 e. The average Bonchev–Trinajstić information content (AvgIpc) is 2.67. The summed E-state index contributed by atoms with van der Waals surface area (Å²) in [5.41, 5.74) is 2.85. The Bertz CT molecular complexity index is 348. The van der Waals surface area contributed by atoms with E-state index in [4.69, 9.17) is 0 Å². The van der Waals surface area contributed by atoms with E-state index in [0.717, 1.165) is 5.56 Å². The summed E-state index contributed by atoms with van der Waals surface area (Å²) < 4.78 is 13.1. The van der Waals surface area contributed by atoms with Gasteiger partial charge in [-0.1, -0.05) is 25.8 Å². The zero-order valence-corrected chi connectivity index (χ0v) is 9.65. The predicted octanol–water partition coefficient (Wildman–Crippen LogP) is 4.36. The van der Waals surface area contributed by atoms with Crippen LogP contribution in [0.2, 0.25) is 0 Å². The molecule has 0 N–H and O–H groups in total. The van der Waals surface area contributed by atoms with Crippen LogP contribution in [0.25, 0.3) is 0 Å². The molecular weight excluding hydrogens is 187 g/mol. The maximum atomic E-state index is 13.1. The van der Waals surface area contributed by atoms with Crippen molar-refractivity contribution < 1.29 is 4.39 Å². The lowest BCUT2D eigenvalue weighted by atomic mass is 9.75. The first-order valence-electron chi connectivity index (χ1n) is 5.94. The molecule has 0 aromatic heterocycles. The van der Waals surface area contributed by atoms with Gasteiger partial charge < -0.3 is 0 Å². The molecule has 0 bridgehead atoms. The monoisotopic (exact) mass is 206 g/mol. The molecule has 1 aromatic carbocycles. The van der Waals surface area contributed by atoms with E-state index in [0.29, 0.717) is 5.41 Å². The van der Waals surface area contributed by atoms with Crippen LogP contribution in [-0.2, 0) is 5.41 Å². The van der Waals surface area contributed by atoms with Gasteiger partial charge in [0, 0.05) is 0 Å². The topological polar surface area (TPSA) is 0 Å². The second-order valence-corrected chi connectivity index (χ2v) is 4.80. The van der Waals surface area contributed by atoms with Gasteiger partial charge in [-0.05, 0) is 54.9 Å². The van der Waals surface area contributed by atoms with Crippen molar-refractivity contribution in [3.05, 3.63) is 35.1 Å². The Balaban J connectivity index is 2.42. The highest BCUT2D eigenvalue weighted by Crippen LogP contribution is 2.44. The number of hydrogen-bond acceptors (Lipinski definition) is 0. The normalized spacial score (nSPS) is 19.4. The number of aryl methyl sites for hydroxylation is 1. The van der Waals surface area contributed by atoms with Crippen molar-refractivity contribution in [1.29, 1.82) is 0 Å². The summed E-state index contributed by atoms with van der Waals surface area (Å²) in [7, 11) is 0. The molecule has 1 aliphatic carbocycles. The molecule has 0 nitrogen and oxygen atoms in total. The van der Waals surface area contributed by atoms with E-state index in [2.05, 4.69) is 6.92 Å². The number of hydrogen-bond donors (Lipinski definition) is 0. The van der Waals surface area contributed by atoms with E-state index in [1.165, 1.54) is 37.7 Å². The Morgan fingerprint density at radius 3 is 2.47 bits per heavy atom. The first-order chi connectivity index (χ1) is 7.18. The van der Waals surface area contributed by atoms with E-state index in [9.17, 15) is 4.39 Å². The van der Waals surface area contributed by atoms with E-state index in [1.807, 2.05) is 13.0 Å². The van der Waals surface area contributed by atoms with Gasteiger partial charge in [0.25, 0.3) is 0 Å². The zero-order chi connectivity index (χ0) is 10.9. The fourth-order valence-corrected chi connectivity index (χ4v) is 3.09. The summed E-state index contributed by atoms with van der Waals surface area (Å²) in [6.45, 7) is 4.29. The molecule has 0 saturated heterocycles. The molecule has 0 heterocycles. The SMILES string of the molecule is CCC1(c2ccc(F)cc2C)CCCC1. The van der Waals surface area contributed by atoms with Crippen LogP contribution in [0, 0.1) is 12.7 Å². The van der Waals surface area contributed by atoms with Crippen molar-refractivity contribution >= 4 is 0 Å². The Kier molecular flexibility index (Phi) is 2.81. The van der Waals surface area contributed by atoms with E-state index in [1.54, 1.807) is 12.1 Å². The van der Waals surface area contributed by atoms with Crippen LogP contribution in [0.15, 0.2) is 18.2 Å². The highest BCUT2D eigenvalue weighted by atomic mass is 19.1. The molecule has 0 amide bonds. The lowest BCUT2D eigenvalue weighted by Gasteiger charge is -2.29. The van der Waals surface area contributed by atoms with Gasteiger partial charge in [-0.3, -0.25) is 0 Å². The molecule has 1 aromatic rings. The molecule has 0 spiro atoms. The first-order valence-corrected chi connectivity index (χ1v) is 5.94. The predicted molar refractivity (Wildman–Crippen MR) is 61.6 cm³/mol. The lowest BCUT2D eigenvalue weighted by molar-refractivity contribution is 0.422.